The second-order valence-corrected chi connectivity index (χ2v) is 28.5. The number of hydrogen-bond acceptors (Lipinski definition) is 15. The summed E-state index contributed by atoms with van der Waals surface area (Å²) in [7, 11) is -9.90. The summed E-state index contributed by atoms with van der Waals surface area (Å²) in [6.07, 6.45) is 54.0. The number of unbranched alkanes of at least 4 members (excludes halogenated alkanes) is 46. The third-order valence-corrected chi connectivity index (χ3v) is 18.5. The highest BCUT2D eigenvalue weighted by Gasteiger charge is 2.30. The Morgan fingerprint density at radius 3 is 0.656 bits per heavy atom. The Morgan fingerprint density at radius 1 is 0.267 bits per heavy atom. The van der Waals surface area contributed by atoms with Gasteiger partial charge in [-0.3, -0.25) is 37.3 Å². The number of ether oxygens (including phenoxy) is 4. The molecule has 0 aliphatic rings. The van der Waals surface area contributed by atoms with Crippen LogP contribution in [0.5, 0.6) is 0 Å². The summed E-state index contributed by atoms with van der Waals surface area (Å²) in [6, 6.07) is 0. The van der Waals surface area contributed by atoms with Gasteiger partial charge in [0.2, 0.25) is 0 Å². The molecular formula is C71H138O17P2. The highest BCUT2D eigenvalue weighted by molar-refractivity contribution is 7.47. The van der Waals surface area contributed by atoms with Gasteiger partial charge in [-0.25, -0.2) is 9.13 Å². The Balaban J connectivity index is 5.22. The molecule has 0 fully saturated rings. The van der Waals surface area contributed by atoms with Crippen molar-refractivity contribution in [3.63, 3.8) is 0 Å². The van der Waals surface area contributed by atoms with Gasteiger partial charge in [0.1, 0.15) is 19.3 Å². The molecule has 3 N–H and O–H groups in total. The number of rotatable bonds is 72. The van der Waals surface area contributed by atoms with Crippen LogP contribution in [0.3, 0.4) is 0 Å². The molecule has 0 bridgehead atoms. The summed E-state index contributed by atoms with van der Waals surface area (Å²) in [5, 5.41) is 10.6. The molecule has 0 aliphatic heterocycles. The normalized spacial score (nSPS) is 14.0. The van der Waals surface area contributed by atoms with Crippen LogP contribution < -0.4 is 0 Å². The fourth-order valence-corrected chi connectivity index (χ4v) is 12.4. The van der Waals surface area contributed by atoms with E-state index in [1.807, 2.05) is 0 Å². The van der Waals surface area contributed by atoms with Crippen LogP contribution in [-0.2, 0) is 65.4 Å². The van der Waals surface area contributed by atoms with Crippen LogP contribution in [0.4, 0.5) is 0 Å². The van der Waals surface area contributed by atoms with Gasteiger partial charge in [-0.2, -0.15) is 0 Å². The lowest BCUT2D eigenvalue weighted by atomic mass is 10.0. The van der Waals surface area contributed by atoms with E-state index in [9.17, 15) is 43.2 Å². The first-order chi connectivity index (χ1) is 43.7. The lowest BCUT2D eigenvalue weighted by Crippen LogP contribution is -2.30. The Morgan fingerprint density at radius 2 is 0.444 bits per heavy atom. The molecule has 0 aromatic carbocycles. The van der Waals surface area contributed by atoms with Gasteiger partial charge in [-0.05, 0) is 25.7 Å². The highest BCUT2D eigenvalue weighted by atomic mass is 31.2. The second kappa shape index (κ2) is 65.7. The number of phosphoric ester groups is 2. The number of aliphatic hydroxyl groups is 1. The minimum Gasteiger partial charge on any atom is -0.462 e. The van der Waals surface area contributed by atoms with E-state index < -0.39 is 97.5 Å². The van der Waals surface area contributed by atoms with E-state index in [-0.39, 0.29) is 25.7 Å². The standard InChI is InChI=1S/C71H138O17P2/c1-5-9-13-17-21-25-28-31-32-33-36-39-42-46-50-54-58-71(76)88-67(62-82-69(74)56-52-48-44-40-37-34-29-26-22-18-14-10-6-2)64-86-90(79,80)84-60-65(72)59-83-89(77,78)85-63-66(61-81-68(73)55-51-47-43-24-20-16-12-8-4)87-70(75)57-53-49-45-41-38-35-30-27-23-19-15-11-7-3/h65-67,72H,5-64H2,1-4H3,(H,77,78)(H,79,80)/t65-,66+,67+/m0/s1. The Labute approximate surface area is 549 Å². The predicted octanol–water partition coefficient (Wildman–Crippen LogP) is 20.7. The van der Waals surface area contributed by atoms with Gasteiger partial charge in [-0.15, -0.1) is 0 Å². The van der Waals surface area contributed by atoms with Crippen molar-refractivity contribution < 1.29 is 80.2 Å². The largest absolute Gasteiger partial charge is 0.472 e. The number of carbonyl (C=O) groups is 4. The number of hydrogen-bond donors (Lipinski definition) is 3. The van der Waals surface area contributed by atoms with Gasteiger partial charge in [0, 0.05) is 25.7 Å². The molecule has 0 aromatic rings. The molecule has 5 atom stereocenters. The lowest BCUT2D eigenvalue weighted by molar-refractivity contribution is -0.161. The molecule has 534 valence electrons. The van der Waals surface area contributed by atoms with Crippen molar-refractivity contribution in [2.24, 2.45) is 0 Å². The van der Waals surface area contributed by atoms with E-state index >= 15 is 0 Å². The lowest BCUT2D eigenvalue weighted by Gasteiger charge is -2.21. The zero-order chi connectivity index (χ0) is 66.1. The van der Waals surface area contributed by atoms with Crippen LogP contribution in [0.1, 0.15) is 374 Å². The zero-order valence-electron chi connectivity index (χ0n) is 58.1. The molecule has 0 saturated heterocycles. The smallest absolute Gasteiger partial charge is 0.462 e. The first-order valence-electron chi connectivity index (χ1n) is 37.3. The van der Waals surface area contributed by atoms with Gasteiger partial charge in [-0.1, -0.05) is 323 Å². The van der Waals surface area contributed by atoms with Gasteiger partial charge < -0.3 is 33.8 Å². The topological polar surface area (TPSA) is 237 Å². The quantitative estimate of drug-likeness (QED) is 0.0222. The third-order valence-electron chi connectivity index (χ3n) is 16.6. The number of esters is 4. The van der Waals surface area contributed by atoms with E-state index in [0.717, 1.165) is 96.3 Å². The molecule has 0 rings (SSSR count). The number of aliphatic hydroxyl groups excluding tert-OH is 1. The van der Waals surface area contributed by atoms with Crippen molar-refractivity contribution in [3.05, 3.63) is 0 Å². The van der Waals surface area contributed by atoms with Crippen molar-refractivity contribution in [1.29, 1.82) is 0 Å². The molecule has 0 heterocycles. The first-order valence-corrected chi connectivity index (χ1v) is 40.3. The van der Waals surface area contributed by atoms with Crippen molar-refractivity contribution in [2.45, 2.75) is 393 Å². The summed E-state index contributed by atoms with van der Waals surface area (Å²) < 4.78 is 68.3. The molecule has 17 nitrogen and oxygen atoms in total. The van der Waals surface area contributed by atoms with Gasteiger partial charge >= 0.3 is 39.5 Å². The average molecular weight is 1330 g/mol. The zero-order valence-corrected chi connectivity index (χ0v) is 59.9. The van der Waals surface area contributed by atoms with Crippen LogP contribution in [0.25, 0.3) is 0 Å². The fourth-order valence-electron chi connectivity index (χ4n) is 10.9. The van der Waals surface area contributed by atoms with Crippen LogP contribution in [-0.4, -0.2) is 96.7 Å². The average Bonchev–Trinajstić information content (AvgIpc) is 2.85. The van der Waals surface area contributed by atoms with Gasteiger partial charge in [0.05, 0.1) is 26.4 Å². The maximum atomic E-state index is 13.0. The van der Waals surface area contributed by atoms with Crippen LogP contribution in [0.15, 0.2) is 0 Å². The molecule has 0 radical (unpaired) electrons. The molecule has 0 saturated carbocycles. The molecule has 0 aliphatic carbocycles. The number of phosphoric acid groups is 2. The molecule has 2 unspecified atom stereocenters. The van der Waals surface area contributed by atoms with Crippen LogP contribution in [0, 0.1) is 0 Å². The minimum atomic E-state index is -4.95. The second-order valence-electron chi connectivity index (χ2n) is 25.6. The van der Waals surface area contributed by atoms with E-state index in [2.05, 4.69) is 27.7 Å². The third kappa shape index (κ3) is 64.8. The molecule has 90 heavy (non-hydrogen) atoms. The van der Waals surface area contributed by atoms with Crippen molar-refractivity contribution in [2.75, 3.05) is 39.6 Å². The van der Waals surface area contributed by atoms with Crippen LogP contribution >= 0.6 is 15.6 Å². The Hall–Kier alpha value is -1.94. The summed E-state index contributed by atoms with van der Waals surface area (Å²) in [6.45, 7) is 4.94. The minimum absolute atomic E-state index is 0.108. The Kier molecular flexibility index (Phi) is 64.3. The maximum Gasteiger partial charge on any atom is 0.472 e. The summed E-state index contributed by atoms with van der Waals surface area (Å²) in [4.78, 5) is 72.5. The highest BCUT2D eigenvalue weighted by Crippen LogP contribution is 2.45. The van der Waals surface area contributed by atoms with E-state index in [1.165, 1.54) is 199 Å². The van der Waals surface area contributed by atoms with Gasteiger partial charge in [0.25, 0.3) is 0 Å². The van der Waals surface area contributed by atoms with Gasteiger partial charge in [0.15, 0.2) is 12.2 Å². The number of carbonyl (C=O) groups excluding carboxylic acids is 4. The first kappa shape index (κ1) is 88.1. The van der Waals surface area contributed by atoms with Crippen LogP contribution in [0.2, 0.25) is 0 Å². The summed E-state index contributed by atoms with van der Waals surface area (Å²) in [5.41, 5.74) is 0. The van der Waals surface area contributed by atoms with Crippen molar-refractivity contribution >= 4 is 39.5 Å². The molecule has 0 spiro atoms. The van der Waals surface area contributed by atoms with E-state index in [1.54, 1.807) is 0 Å². The predicted molar refractivity (Wildman–Crippen MR) is 363 cm³/mol. The maximum absolute atomic E-state index is 13.0. The SMILES string of the molecule is CCCCCCCCCCCCCCCCCCC(=O)O[C@H](COC(=O)CCCCCCCCCCCCCCC)COP(=O)(O)OC[C@@H](O)COP(=O)(O)OC[C@@H](COC(=O)CCCCCCCCCC)OC(=O)CCCCCCCCCCCCCCC. The van der Waals surface area contributed by atoms with E-state index in [0.29, 0.717) is 25.7 Å². The Bertz CT molecular complexity index is 1720. The molecule has 0 aromatic heterocycles. The summed E-state index contributed by atoms with van der Waals surface area (Å²) >= 11 is 0. The fraction of sp³-hybridized carbons (Fsp3) is 0.944. The van der Waals surface area contributed by atoms with Crippen molar-refractivity contribution in [1.82, 2.24) is 0 Å². The molecule has 0 amide bonds. The van der Waals surface area contributed by atoms with Crippen molar-refractivity contribution in [3.8, 4) is 0 Å². The molecule has 19 heteroatoms. The summed E-state index contributed by atoms with van der Waals surface area (Å²) in [5.74, 6) is -2.12. The molecular weight excluding hydrogens is 1190 g/mol. The van der Waals surface area contributed by atoms with E-state index in [4.69, 9.17) is 37.0 Å². The monoisotopic (exact) mass is 1320 g/mol.